The highest BCUT2D eigenvalue weighted by atomic mass is 31.2. The molecular formula is C14H35N3P+. The van der Waals surface area contributed by atoms with Crippen LogP contribution in [0.25, 0.3) is 0 Å². The van der Waals surface area contributed by atoms with Crippen LogP contribution in [-0.2, 0) is 0 Å². The molecule has 0 fully saturated rings. The topological polar surface area (TPSA) is 9.72 Å². The van der Waals surface area contributed by atoms with Gasteiger partial charge in [0.1, 0.15) is 6.16 Å². The van der Waals surface area contributed by atoms with Crippen molar-refractivity contribution in [1.29, 1.82) is 0 Å². The monoisotopic (exact) mass is 276 g/mol. The maximum Gasteiger partial charge on any atom is 0.226 e. The van der Waals surface area contributed by atoms with Crippen molar-refractivity contribution in [2.45, 2.75) is 48.5 Å². The molecule has 110 valence electrons. The molecule has 0 aliphatic heterocycles. The average molecular weight is 276 g/mol. The van der Waals surface area contributed by atoms with Gasteiger partial charge in [0.25, 0.3) is 0 Å². The van der Waals surface area contributed by atoms with Gasteiger partial charge >= 0.3 is 0 Å². The molecule has 0 amide bonds. The summed E-state index contributed by atoms with van der Waals surface area (Å²) in [6, 6.07) is 0. The van der Waals surface area contributed by atoms with Gasteiger partial charge in [-0.25, -0.2) is 0 Å². The fourth-order valence-corrected chi connectivity index (χ4v) is 8.16. The Morgan fingerprint density at radius 1 is 0.500 bits per heavy atom. The summed E-state index contributed by atoms with van der Waals surface area (Å²) < 4.78 is 8.19. The summed E-state index contributed by atoms with van der Waals surface area (Å²) in [5.41, 5.74) is 0. The van der Waals surface area contributed by atoms with Gasteiger partial charge in [0.15, 0.2) is 0 Å². The second-order valence-electron chi connectivity index (χ2n) is 4.43. The summed E-state index contributed by atoms with van der Waals surface area (Å²) in [6.45, 7) is 23.2. The Kier molecular flexibility index (Phi) is 9.41. The molecule has 0 spiro atoms. The van der Waals surface area contributed by atoms with E-state index in [9.17, 15) is 0 Å². The van der Waals surface area contributed by atoms with E-state index in [4.69, 9.17) is 0 Å². The molecule has 0 saturated heterocycles. The first kappa shape index (κ1) is 18.3. The lowest BCUT2D eigenvalue weighted by Gasteiger charge is -2.46. The zero-order valence-electron chi connectivity index (χ0n) is 13.7. The lowest BCUT2D eigenvalue weighted by molar-refractivity contribution is 0.329. The first-order valence-electron chi connectivity index (χ1n) is 7.76. The minimum atomic E-state index is -1.31. The van der Waals surface area contributed by atoms with Gasteiger partial charge in [0.05, 0.1) is 0 Å². The van der Waals surface area contributed by atoms with Crippen LogP contribution in [0.15, 0.2) is 0 Å². The Balaban J connectivity index is 5.55. The maximum atomic E-state index is 2.73. The highest BCUT2D eigenvalue weighted by Crippen LogP contribution is 2.66. The fourth-order valence-electron chi connectivity index (χ4n) is 3.17. The molecule has 3 nitrogen and oxygen atoms in total. The van der Waals surface area contributed by atoms with Crippen molar-refractivity contribution >= 4 is 7.71 Å². The van der Waals surface area contributed by atoms with E-state index in [2.05, 4.69) is 62.5 Å². The molecule has 0 radical (unpaired) electrons. The molecule has 0 aromatic heterocycles. The van der Waals surface area contributed by atoms with E-state index in [1.165, 1.54) is 6.16 Å². The molecular weight excluding hydrogens is 241 g/mol. The van der Waals surface area contributed by atoms with Crippen LogP contribution in [-0.4, -0.2) is 59.4 Å². The van der Waals surface area contributed by atoms with Gasteiger partial charge in [-0.3, -0.25) is 0 Å². The van der Waals surface area contributed by atoms with Gasteiger partial charge in [0.2, 0.25) is 7.71 Å². The van der Waals surface area contributed by atoms with Crippen LogP contribution in [0, 0.1) is 0 Å². The number of hydrogen-bond donors (Lipinski definition) is 0. The molecule has 0 atom stereocenters. The second kappa shape index (κ2) is 9.25. The highest BCUT2D eigenvalue weighted by molar-refractivity contribution is 7.69. The van der Waals surface area contributed by atoms with Gasteiger partial charge in [-0.05, 0) is 48.5 Å². The lowest BCUT2D eigenvalue weighted by Crippen LogP contribution is -2.46. The van der Waals surface area contributed by atoms with Crippen LogP contribution in [0.2, 0.25) is 0 Å². The Morgan fingerprint density at radius 3 is 0.833 bits per heavy atom. The summed E-state index contributed by atoms with van der Waals surface area (Å²) >= 11 is 0. The Bertz CT molecular complexity index is 168. The summed E-state index contributed by atoms with van der Waals surface area (Å²) in [7, 11) is -1.31. The normalized spacial score (nSPS) is 13.0. The van der Waals surface area contributed by atoms with Gasteiger partial charge in [0, 0.05) is 39.3 Å². The third kappa shape index (κ3) is 3.45. The van der Waals surface area contributed by atoms with Crippen molar-refractivity contribution in [2.24, 2.45) is 0 Å². The largest absolute Gasteiger partial charge is 0.226 e. The minimum Gasteiger partial charge on any atom is -0.149 e. The number of nitrogens with zero attached hydrogens (tertiary/aromatic N) is 3. The van der Waals surface area contributed by atoms with Crippen LogP contribution in [0.1, 0.15) is 48.5 Å². The summed E-state index contributed by atoms with van der Waals surface area (Å²) in [5.74, 6) is 0. The molecule has 0 aromatic carbocycles. The Morgan fingerprint density at radius 2 is 0.722 bits per heavy atom. The Hall–Kier alpha value is 0.310. The van der Waals surface area contributed by atoms with Crippen molar-refractivity contribution < 1.29 is 0 Å². The van der Waals surface area contributed by atoms with Crippen molar-refractivity contribution in [3.63, 3.8) is 0 Å². The van der Waals surface area contributed by atoms with Gasteiger partial charge in [-0.1, -0.05) is 0 Å². The second-order valence-corrected chi connectivity index (χ2v) is 8.14. The smallest absolute Gasteiger partial charge is 0.149 e. The fraction of sp³-hybridized carbons (Fsp3) is 1.00. The van der Waals surface area contributed by atoms with E-state index in [-0.39, 0.29) is 0 Å². The maximum absolute atomic E-state index is 2.73. The van der Waals surface area contributed by atoms with E-state index < -0.39 is 7.71 Å². The van der Waals surface area contributed by atoms with E-state index in [1.54, 1.807) is 0 Å². The zero-order chi connectivity index (χ0) is 14.2. The van der Waals surface area contributed by atoms with Gasteiger partial charge < -0.3 is 0 Å². The van der Waals surface area contributed by atoms with Crippen LogP contribution in [0.3, 0.4) is 0 Å². The van der Waals surface area contributed by atoms with E-state index >= 15 is 0 Å². The summed E-state index contributed by atoms with van der Waals surface area (Å²) in [4.78, 5) is 0. The minimum absolute atomic E-state index is 1.16. The van der Waals surface area contributed by atoms with Crippen molar-refractivity contribution in [3.05, 3.63) is 0 Å². The molecule has 0 bridgehead atoms. The summed E-state index contributed by atoms with van der Waals surface area (Å²) in [6.07, 6.45) is 1.26. The third-order valence-electron chi connectivity index (χ3n) is 3.97. The SMILES string of the molecule is CCN(CC)[P+](CC)(N(CC)CC)N(CC)CC. The molecule has 0 aliphatic rings. The van der Waals surface area contributed by atoms with Crippen LogP contribution in [0.5, 0.6) is 0 Å². The Labute approximate surface area is 116 Å². The van der Waals surface area contributed by atoms with Crippen LogP contribution >= 0.6 is 7.71 Å². The zero-order valence-corrected chi connectivity index (χ0v) is 14.6. The van der Waals surface area contributed by atoms with Crippen molar-refractivity contribution in [1.82, 2.24) is 14.0 Å². The highest BCUT2D eigenvalue weighted by Gasteiger charge is 2.51. The van der Waals surface area contributed by atoms with E-state index in [1.807, 2.05) is 0 Å². The molecule has 4 heteroatoms. The van der Waals surface area contributed by atoms with Crippen molar-refractivity contribution in [2.75, 3.05) is 45.4 Å². The summed E-state index contributed by atoms with van der Waals surface area (Å²) in [5, 5.41) is 0. The number of rotatable bonds is 10. The molecule has 0 aromatic rings. The first-order chi connectivity index (χ1) is 8.62. The molecule has 0 aliphatic carbocycles. The molecule has 0 N–H and O–H groups in total. The molecule has 0 unspecified atom stereocenters. The van der Waals surface area contributed by atoms with Gasteiger partial charge in [-0.2, -0.15) is 0 Å². The molecule has 18 heavy (non-hydrogen) atoms. The quantitative estimate of drug-likeness (QED) is 0.562. The molecule has 0 saturated carbocycles. The number of hydrogen-bond acceptors (Lipinski definition) is 3. The predicted molar refractivity (Wildman–Crippen MR) is 86.2 cm³/mol. The van der Waals surface area contributed by atoms with Gasteiger partial charge in [-0.15, -0.1) is 14.0 Å². The lowest BCUT2D eigenvalue weighted by atomic mass is 10.7. The predicted octanol–water partition coefficient (Wildman–Crippen LogP) is 3.79. The third-order valence-corrected chi connectivity index (χ3v) is 9.24. The molecule has 0 heterocycles. The first-order valence-corrected chi connectivity index (χ1v) is 9.60. The van der Waals surface area contributed by atoms with E-state index in [0.717, 1.165) is 39.3 Å². The van der Waals surface area contributed by atoms with Crippen molar-refractivity contribution in [3.8, 4) is 0 Å². The van der Waals surface area contributed by atoms with E-state index in [0.29, 0.717) is 0 Å². The molecule has 0 rings (SSSR count). The average Bonchev–Trinajstić information content (AvgIpc) is 2.41. The van der Waals surface area contributed by atoms with Crippen LogP contribution < -0.4 is 0 Å². The van der Waals surface area contributed by atoms with Crippen LogP contribution in [0.4, 0.5) is 0 Å². The standard InChI is InChI=1S/C14H35N3P/c1-8-15(9-2)18(14-7,16(10-3)11-4)17(12-5)13-6/h8-14H2,1-7H3/q+1.